The number of fused-ring (bicyclic) bond motifs is 6. The fraction of sp³-hybridized carbons (Fsp3) is 0.184. The molecule has 0 radical (unpaired) electrons. The van der Waals surface area contributed by atoms with E-state index in [-0.39, 0.29) is 12.1 Å². The molecule has 0 N–H and O–H groups in total. The molecule has 0 spiro atoms. The lowest BCUT2D eigenvalue weighted by molar-refractivity contribution is 0.528. The number of nitrogens with zero attached hydrogens (tertiary/aromatic N) is 2. The zero-order valence-corrected chi connectivity index (χ0v) is 28.9. The monoisotopic (exact) mass is 658 g/mol. The minimum Gasteiger partial charge on any atom is -0.357 e. The van der Waals surface area contributed by atoms with Crippen molar-refractivity contribution in [3.63, 3.8) is 0 Å². The van der Waals surface area contributed by atoms with Gasteiger partial charge in [-0.15, -0.1) is 0 Å². The predicted molar refractivity (Wildman–Crippen MR) is 214 cm³/mol. The summed E-state index contributed by atoms with van der Waals surface area (Å²) in [5.74, 6) is 1.49. The number of benzene rings is 4. The average Bonchev–Trinajstić information content (AvgIpc) is 3.71. The highest BCUT2D eigenvalue weighted by atomic mass is 15.2. The quantitative estimate of drug-likeness (QED) is 0.211. The van der Waals surface area contributed by atoms with E-state index >= 15 is 0 Å². The van der Waals surface area contributed by atoms with Gasteiger partial charge < -0.3 is 9.80 Å². The van der Waals surface area contributed by atoms with Gasteiger partial charge in [0.2, 0.25) is 0 Å². The van der Waals surface area contributed by atoms with Crippen molar-refractivity contribution in [3.8, 4) is 0 Å². The van der Waals surface area contributed by atoms with Crippen molar-refractivity contribution in [1.29, 1.82) is 0 Å². The van der Waals surface area contributed by atoms with Crippen LogP contribution in [0.4, 0.5) is 11.4 Å². The van der Waals surface area contributed by atoms with Gasteiger partial charge in [-0.2, -0.15) is 0 Å². The Morgan fingerprint density at radius 3 is 1.94 bits per heavy atom. The maximum absolute atomic E-state index is 2.73. The van der Waals surface area contributed by atoms with Crippen LogP contribution in [0.25, 0.3) is 16.7 Å². The molecule has 248 valence electrons. The molecule has 6 aliphatic rings. The van der Waals surface area contributed by atoms with Crippen LogP contribution in [0.5, 0.6) is 0 Å². The molecule has 4 aliphatic carbocycles. The SMILES string of the molecule is CC1C(c2ccccc2)=CC(c2ccccc2)=CC1N1c2ccc(C3=CC4C5C=CC=CC5N(c5ccccc5)C4C=C3)cc2C2C=CC=CC21. The zero-order valence-electron chi connectivity index (χ0n) is 28.9. The summed E-state index contributed by atoms with van der Waals surface area (Å²) < 4.78 is 0. The van der Waals surface area contributed by atoms with Crippen LogP contribution in [-0.4, -0.2) is 24.2 Å². The number of hydrogen-bond acceptors (Lipinski definition) is 2. The molecule has 0 saturated carbocycles. The third-order valence-electron chi connectivity index (χ3n) is 12.2. The van der Waals surface area contributed by atoms with Gasteiger partial charge in [0, 0.05) is 35.0 Å². The zero-order chi connectivity index (χ0) is 33.9. The number of rotatable bonds is 5. The van der Waals surface area contributed by atoms with Crippen LogP contribution in [0, 0.1) is 17.8 Å². The number of hydrogen-bond donors (Lipinski definition) is 0. The summed E-state index contributed by atoms with van der Waals surface area (Å²) in [6.45, 7) is 2.42. The molecule has 8 atom stereocenters. The second kappa shape index (κ2) is 12.3. The first-order valence-electron chi connectivity index (χ1n) is 18.6. The molecule has 0 bridgehead atoms. The van der Waals surface area contributed by atoms with E-state index in [2.05, 4.69) is 205 Å². The van der Waals surface area contributed by atoms with Crippen LogP contribution < -0.4 is 9.80 Å². The molecule has 8 unspecified atom stereocenters. The lowest BCUT2D eigenvalue weighted by atomic mass is 9.79. The van der Waals surface area contributed by atoms with Crippen molar-refractivity contribution in [3.05, 3.63) is 210 Å². The first kappa shape index (κ1) is 30.2. The summed E-state index contributed by atoms with van der Waals surface area (Å²) in [7, 11) is 0. The topological polar surface area (TPSA) is 6.48 Å². The van der Waals surface area contributed by atoms with E-state index < -0.39 is 0 Å². The van der Waals surface area contributed by atoms with Gasteiger partial charge in [-0.1, -0.05) is 171 Å². The first-order chi connectivity index (χ1) is 25.2. The largest absolute Gasteiger partial charge is 0.357 e. The number of para-hydroxylation sites is 1. The molecule has 2 aliphatic heterocycles. The first-order valence-corrected chi connectivity index (χ1v) is 18.6. The molecule has 2 nitrogen and oxygen atoms in total. The van der Waals surface area contributed by atoms with Gasteiger partial charge >= 0.3 is 0 Å². The molecule has 0 amide bonds. The summed E-state index contributed by atoms with van der Waals surface area (Å²) in [5.41, 5.74) is 12.0. The minimum atomic E-state index is 0.205. The van der Waals surface area contributed by atoms with Crippen LogP contribution in [0.2, 0.25) is 0 Å². The Bertz CT molecular complexity index is 2210. The third-order valence-corrected chi connectivity index (χ3v) is 12.2. The second-order valence-electron chi connectivity index (χ2n) is 14.8. The summed E-state index contributed by atoms with van der Waals surface area (Å²) in [5, 5.41) is 0. The third kappa shape index (κ3) is 5.00. The van der Waals surface area contributed by atoms with Gasteiger partial charge in [0.05, 0.1) is 24.2 Å². The Kier molecular flexibility index (Phi) is 7.30. The lowest BCUT2D eigenvalue weighted by Gasteiger charge is -2.41. The van der Waals surface area contributed by atoms with E-state index in [1.807, 2.05) is 0 Å². The molecule has 4 aromatic carbocycles. The van der Waals surface area contributed by atoms with Crippen LogP contribution in [0.15, 0.2) is 188 Å². The molecule has 1 saturated heterocycles. The fourth-order valence-corrected chi connectivity index (χ4v) is 9.76. The Morgan fingerprint density at radius 2 is 1.16 bits per heavy atom. The Hall–Kier alpha value is -5.60. The van der Waals surface area contributed by atoms with E-state index in [1.54, 1.807) is 0 Å². The maximum atomic E-state index is 2.73. The normalized spacial score (nSPS) is 29.5. The highest BCUT2D eigenvalue weighted by Gasteiger charge is 2.47. The van der Waals surface area contributed by atoms with E-state index in [4.69, 9.17) is 0 Å². The molecular formula is C49H42N2. The van der Waals surface area contributed by atoms with E-state index in [9.17, 15) is 0 Å². The fourth-order valence-electron chi connectivity index (χ4n) is 9.76. The Labute approximate surface area is 302 Å². The minimum absolute atomic E-state index is 0.205. The highest BCUT2D eigenvalue weighted by molar-refractivity contribution is 5.89. The number of allylic oxidation sites excluding steroid dienone is 8. The maximum Gasteiger partial charge on any atom is 0.0586 e. The van der Waals surface area contributed by atoms with Crippen molar-refractivity contribution < 1.29 is 0 Å². The van der Waals surface area contributed by atoms with Gasteiger partial charge in [0.1, 0.15) is 0 Å². The highest BCUT2D eigenvalue weighted by Crippen LogP contribution is 2.51. The van der Waals surface area contributed by atoms with E-state index in [1.165, 1.54) is 50.3 Å². The van der Waals surface area contributed by atoms with Gasteiger partial charge in [0.15, 0.2) is 0 Å². The van der Waals surface area contributed by atoms with Gasteiger partial charge in [-0.05, 0) is 63.2 Å². The van der Waals surface area contributed by atoms with Crippen LogP contribution in [0.1, 0.15) is 35.1 Å². The molecule has 2 heteroatoms. The van der Waals surface area contributed by atoms with E-state index in [0.29, 0.717) is 35.8 Å². The Balaban J connectivity index is 1.03. The Morgan fingerprint density at radius 1 is 0.490 bits per heavy atom. The van der Waals surface area contributed by atoms with Crippen molar-refractivity contribution in [2.75, 3.05) is 9.80 Å². The molecule has 0 aromatic heterocycles. The molecule has 2 heterocycles. The smallest absolute Gasteiger partial charge is 0.0586 e. The summed E-state index contributed by atoms with van der Waals surface area (Å²) in [6.07, 6.45) is 31.0. The van der Waals surface area contributed by atoms with Crippen molar-refractivity contribution in [1.82, 2.24) is 0 Å². The molecule has 1 fully saturated rings. The van der Waals surface area contributed by atoms with Crippen LogP contribution in [0.3, 0.4) is 0 Å². The van der Waals surface area contributed by atoms with E-state index in [0.717, 1.165) is 0 Å². The standard InChI is InChI=1S/C49H42N2/c1-33-42(35-17-7-3-8-18-35)31-38(34-15-5-2-6-16-34)32-49(33)51-46-24-14-12-22-41(46)44-30-37(26-28-48(44)51)36-25-27-47-43(29-36)40-21-11-13-23-45(40)50(47)39-19-9-4-10-20-39/h2-33,40-41,43,45-47,49H,1H3. The molecule has 4 aromatic rings. The molecular weight excluding hydrogens is 617 g/mol. The lowest BCUT2D eigenvalue weighted by Crippen LogP contribution is -2.45. The van der Waals surface area contributed by atoms with Crippen LogP contribution in [-0.2, 0) is 0 Å². The predicted octanol–water partition coefficient (Wildman–Crippen LogP) is 10.8. The molecule has 51 heavy (non-hydrogen) atoms. The van der Waals surface area contributed by atoms with Crippen molar-refractivity contribution in [2.24, 2.45) is 17.8 Å². The van der Waals surface area contributed by atoms with Crippen LogP contribution >= 0.6 is 0 Å². The average molecular weight is 659 g/mol. The van der Waals surface area contributed by atoms with Gasteiger partial charge in [0.25, 0.3) is 0 Å². The summed E-state index contributed by atoms with van der Waals surface area (Å²) in [6, 6.07) is 41.3. The van der Waals surface area contributed by atoms with Gasteiger partial charge in [-0.3, -0.25) is 0 Å². The van der Waals surface area contributed by atoms with Crippen molar-refractivity contribution in [2.45, 2.75) is 37.0 Å². The molecule has 10 rings (SSSR count). The second-order valence-corrected chi connectivity index (χ2v) is 14.8. The number of anilines is 2. The summed E-state index contributed by atoms with van der Waals surface area (Å²) >= 11 is 0. The van der Waals surface area contributed by atoms with Crippen molar-refractivity contribution >= 4 is 28.1 Å². The van der Waals surface area contributed by atoms with Gasteiger partial charge in [-0.25, -0.2) is 0 Å². The summed E-state index contributed by atoms with van der Waals surface area (Å²) in [4.78, 5) is 5.36.